The maximum absolute atomic E-state index is 14.0. The van der Waals surface area contributed by atoms with E-state index in [0.29, 0.717) is 0 Å². The van der Waals surface area contributed by atoms with Crippen LogP contribution in [-0.4, -0.2) is 10.8 Å². The molecule has 0 heterocycles. The van der Waals surface area contributed by atoms with Crippen molar-refractivity contribution in [2.24, 2.45) is 4.99 Å². The number of nitrogens with zero attached hydrogens (tertiary/aromatic N) is 1. The molecule has 0 unspecified atom stereocenters. The molecule has 0 aromatic heterocycles. The molecule has 2 aromatic rings. The molecule has 2 nitrogen and oxygen atoms in total. The molecule has 156 valence electrons. The first kappa shape index (κ1) is 25.5. The number of aliphatic imine (C=N–C) groups is 1. The number of aliphatic hydroxyl groups excluding tert-OH is 1. The predicted octanol–water partition coefficient (Wildman–Crippen LogP) is 7.22. The van der Waals surface area contributed by atoms with E-state index in [1.54, 1.807) is 6.07 Å². The van der Waals surface area contributed by atoms with Crippen molar-refractivity contribution in [2.75, 3.05) is 0 Å². The Kier molecular flexibility index (Phi) is 9.68. The molecule has 2 rings (SSSR count). The second-order valence-corrected chi connectivity index (χ2v) is 7.78. The number of aliphatic hydroxyl groups is 1. The molecule has 1 N–H and O–H groups in total. The normalized spacial score (nSPS) is 12.3. The van der Waals surface area contributed by atoms with Gasteiger partial charge in [0.05, 0.1) is 11.5 Å². The van der Waals surface area contributed by atoms with Crippen LogP contribution < -0.4 is 0 Å². The van der Waals surface area contributed by atoms with Gasteiger partial charge in [0.2, 0.25) is 0 Å². The van der Waals surface area contributed by atoms with Crippen molar-refractivity contribution < 1.29 is 52.9 Å². The first-order chi connectivity index (χ1) is 13.4. The second-order valence-electron chi connectivity index (χ2n) is 5.20. The van der Waals surface area contributed by atoms with Crippen LogP contribution in [0, 0.1) is 23.3 Å². The van der Waals surface area contributed by atoms with Crippen LogP contribution in [0.15, 0.2) is 47.2 Å². The van der Waals surface area contributed by atoms with Gasteiger partial charge in [0.15, 0.2) is 23.3 Å². The summed E-state index contributed by atoms with van der Waals surface area (Å²) in [6, 6.07) is 7.42. The Morgan fingerprint density at radius 3 is 1.79 bits per heavy atom. The first-order valence-corrected chi connectivity index (χ1v) is 11.7. The van der Waals surface area contributed by atoms with E-state index < -0.39 is 57.7 Å². The van der Waals surface area contributed by atoms with Crippen LogP contribution in [0.4, 0.5) is 36.4 Å². The number of hydrogen-bond acceptors (Lipinski definition) is 2. The van der Waals surface area contributed by atoms with Crippen LogP contribution in [0.2, 0.25) is 0 Å². The summed E-state index contributed by atoms with van der Waals surface area (Å²) >= 11 is -0.556. The number of allylic oxidation sites excluding steroid dienone is 2. The summed E-state index contributed by atoms with van der Waals surface area (Å²) in [6.07, 6.45) is -4.70. The van der Waals surface area contributed by atoms with E-state index in [0.717, 1.165) is 6.08 Å². The van der Waals surface area contributed by atoms with Crippen molar-refractivity contribution >= 4 is 30.0 Å². The number of benzene rings is 2. The average Bonchev–Trinajstić information content (AvgIpc) is 2.63. The Bertz CT molecular complexity index is 885. The molecular formula is C17H10Cl2F7NOTi. The number of hydrogen-bond donors (Lipinski definition) is 1. The van der Waals surface area contributed by atoms with Gasteiger partial charge in [0.25, 0.3) is 0 Å². The fourth-order valence-corrected chi connectivity index (χ4v) is 2.07. The molecule has 0 aliphatic carbocycles. The third-order valence-corrected chi connectivity index (χ3v) is 3.17. The van der Waals surface area contributed by atoms with Gasteiger partial charge in [-0.2, -0.15) is 13.2 Å². The zero-order valence-electron chi connectivity index (χ0n) is 14.3. The van der Waals surface area contributed by atoms with Gasteiger partial charge >= 0.3 is 41.8 Å². The van der Waals surface area contributed by atoms with E-state index in [-0.39, 0.29) is 17.0 Å². The third-order valence-electron chi connectivity index (χ3n) is 3.17. The Morgan fingerprint density at radius 2 is 1.41 bits per heavy atom. The van der Waals surface area contributed by atoms with Crippen molar-refractivity contribution in [3.05, 3.63) is 76.6 Å². The number of rotatable bonds is 3. The van der Waals surface area contributed by atoms with Gasteiger partial charge in [-0.3, -0.25) is 0 Å². The summed E-state index contributed by atoms with van der Waals surface area (Å²) < 4.78 is 93.1. The fourth-order valence-electron chi connectivity index (χ4n) is 2.07. The maximum atomic E-state index is 14.0. The summed E-state index contributed by atoms with van der Waals surface area (Å²) in [5.41, 5.74) is -4.38. The van der Waals surface area contributed by atoms with E-state index in [1.807, 2.05) is 0 Å². The summed E-state index contributed by atoms with van der Waals surface area (Å²) in [7, 11) is 9.78. The minimum absolute atomic E-state index is 0.195. The monoisotopic (exact) mass is 495 g/mol. The Balaban J connectivity index is 0.00000132. The standard InChI is InChI=1S/C17H10F7NO.2ClH.Ti/c1-8(26)7-10(9-5-3-2-4-6-9)25-16-14(20)12(18)11(17(22,23)24)13(19)15(16)21;;;/h2-7,26H,1H3;2*1H;/q;;;+2/p-2/b8-7-,25-10?;;;. The van der Waals surface area contributed by atoms with Crippen molar-refractivity contribution in [1.82, 2.24) is 0 Å². The molecule has 0 amide bonds. The first-order valence-electron chi connectivity index (χ1n) is 7.36. The summed E-state index contributed by atoms with van der Waals surface area (Å²) in [5.74, 6) is -10.2. The molecule has 0 radical (unpaired) electrons. The molecule has 0 saturated carbocycles. The van der Waals surface area contributed by atoms with Crippen LogP contribution in [-0.2, 0) is 23.2 Å². The third kappa shape index (κ3) is 6.74. The van der Waals surface area contributed by atoms with Crippen molar-refractivity contribution in [2.45, 2.75) is 13.1 Å². The van der Waals surface area contributed by atoms with Crippen molar-refractivity contribution in [3.8, 4) is 0 Å². The van der Waals surface area contributed by atoms with Crippen molar-refractivity contribution in [1.29, 1.82) is 0 Å². The van der Waals surface area contributed by atoms with Crippen LogP contribution in [0.1, 0.15) is 18.1 Å². The molecule has 2 aromatic carbocycles. The average molecular weight is 496 g/mol. The van der Waals surface area contributed by atoms with Crippen molar-refractivity contribution in [3.63, 3.8) is 0 Å². The van der Waals surface area contributed by atoms with Gasteiger partial charge in [0.1, 0.15) is 11.3 Å². The summed E-state index contributed by atoms with van der Waals surface area (Å²) in [6.45, 7) is 1.19. The second kappa shape index (κ2) is 11.0. The Labute approximate surface area is 177 Å². The topological polar surface area (TPSA) is 32.6 Å². The molecular weight excluding hydrogens is 486 g/mol. The van der Waals surface area contributed by atoms with E-state index in [4.69, 9.17) is 18.6 Å². The SMILES string of the molecule is C/C(O)=C/C(=Nc1c(F)c(F)c(C(F)(F)F)c(F)c1F)c1ccccc1.[Cl][Ti][Cl]. The molecule has 0 bridgehead atoms. The Hall–Kier alpha value is -1.55. The molecule has 29 heavy (non-hydrogen) atoms. The van der Waals surface area contributed by atoms with E-state index in [1.165, 1.54) is 31.2 Å². The van der Waals surface area contributed by atoms with Gasteiger partial charge in [-0.25, -0.2) is 22.6 Å². The van der Waals surface area contributed by atoms with Gasteiger partial charge in [-0.1, -0.05) is 30.3 Å². The van der Waals surface area contributed by atoms with E-state index >= 15 is 0 Å². The molecule has 0 aliphatic rings. The molecule has 12 heteroatoms. The van der Waals surface area contributed by atoms with Crippen LogP contribution in [0.5, 0.6) is 0 Å². The van der Waals surface area contributed by atoms with Gasteiger partial charge < -0.3 is 5.11 Å². The molecule has 0 atom stereocenters. The van der Waals surface area contributed by atoms with Crippen LogP contribution >= 0.6 is 18.6 Å². The zero-order chi connectivity index (χ0) is 22.4. The van der Waals surface area contributed by atoms with Gasteiger partial charge in [-0.05, 0) is 6.92 Å². The fraction of sp³-hybridized carbons (Fsp3) is 0.118. The molecule has 0 aliphatic heterocycles. The number of alkyl halides is 3. The Morgan fingerprint density at radius 1 is 0.966 bits per heavy atom. The molecule has 0 spiro atoms. The zero-order valence-corrected chi connectivity index (χ0v) is 17.3. The summed E-state index contributed by atoms with van der Waals surface area (Å²) in [5, 5.41) is 9.36. The van der Waals surface area contributed by atoms with Gasteiger partial charge in [-0.15, -0.1) is 0 Å². The van der Waals surface area contributed by atoms with E-state index in [9.17, 15) is 35.8 Å². The molecule has 0 saturated heterocycles. The van der Waals surface area contributed by atoms with Crippen LogP contribution in [0.25, 0.3) is 0 Å². The molecule has 0 fully saturated rings. The predicted molar refractivity (Wildman–Crippen MR) is 92.0 cm³/mol. The van der Waals surface area contributed by atoms with Crippen LogP contribution in [0.3, 0.4) is 0 Å². The van der Waals surface area contributed by atoms with E-state index in [2.05, 4.69) is 4.99 Å². The minimum atomic E-state index is -5.64. The number of halogens is 9. The quantitative estimate of drug-likeness (QED) is 0.157. The van der Waals surface area contributed by atoms with Gasteiger partial charge in [0, 0.05) is 11.6 Å². The summed E-state index contributed by atoms with van der Waals surface area (Å²) in [4.78, 5) is 3.40.